The molecule has 5 rings (SSSR count). The number of aliphatic hydroxyl groups excluding tert-OH is 1. The van der Waals surface area contributed by atoms with Crippen LogP contribution in [0.25, 0.3) is 5.76 Å². The average molecular weight is 483 g/mol. The highest BCUT2D eigenvalue weighted by atomic mass is 19.1. The number of ketones is 1. The predicted octanol–water partition coefficient (Wildman–Crippen LogP) is 5.62. The fourth-order valence-corrected chi connectivity index (χ4v) is 4.24. The monoisotopic (exact) mass is 483 g/mol. The summed E-state index contributed by atoms with van der Waals surface area (Å²) in [6.45, 7) is 0.365. The van der Waals surface area contributed by atoms with Crippen LogP contribution in [0.5, 0.6) is 5.75 Å². The summed E-state index contributed by atoms with van der Waals surface area (Å²) in [5.41, 5.74) is 1.71. The molecule has 180 valence electrons. The second-order valence-electron chi connectivity index (χ2n) is 8.36. The van der Waals surface area contributed by atoms with Crippen molar-refractivity contribution in [2.45, 2.75) is 19.2 Å². The zero-order valence-electron chi connectivity index (χ0n) is 19.1. The Bertz CT molecular complexity index is 1410. The van der Waals surface area contributed by atoms with E-state index in [9.17, 15) is 19.1 Å². The van der Waals surface area contributed by atoms with E-state index in [4.69, 9.17) is 9.15 Å². The maximum Gasteiger partial charge on any atom is 0.296 e. The van der Waals surface area contributed by atoms with E-state index in [0.717, 1.165) is 5.56 Å². The summed E-state index contributed by atoms with van der Waals surface area (Å²) in [5.74, 6) is -1.43. The van der Waals surface area contributed by atoms with E-state index in [0.29, 0.717) is 23.7 Å². The molecule has 1 fully saturated rings. The molecule has 1 aliphatic rings. The van der Waals surface area contributed by atoms with Crippen molar-refractivity contribution in [3.63, 3.8) is 0 Å². The van der Waals surface area contributed by atoms with E-state index in [2.05, 4.69) is 0 Å². The van der Waals surface area contributed by atoms with Crippen LogP contribution in [0.4, 0.5) is 4.39 Å². The number of halogens is 1. The molecule has 2 heterocycles. The first-order valence-corrected chi connectivity index (χ1v) is 11.3. The number of likely N-dealkylation sites (tertiary alicyclic amines) is 1. The molecule has 1 N–H and O–H groups in total. The summed E-state index contributed by atoms with van der Waals surface area (Å²) in [4.78, 5) is 27.6. The Balaban J connectivity index is 1.55. The molecule has 1 atom stereocenters. The van der Waals surface area contributed by atoms with E-state index in [-0.39, 0.29) is 23.4 Å². The number of carbonyl (C=O) groups is 2. The van der Waals surface area contributed by atoms with Gasteiger partial charge in [0.25, 0.3) is 11.7 Å². The number of nitrogens with zero attached hydrogens (tertiary/aromatic N) is 1. The average Bonchev–Trinajstić information content (AvgIpc) is 3.51. The molecular formula is C29H22FNO5. The van der Waals surface area contributed by atoms with E-state index >= 15 is 0 Å². The van der Waals surface area contributed by atoms with Crippen molar-refractivity contribution in [2.24, 2.45) is 0 Å². The van der Waals surface area contributed by atoms with Gasteiger partial charge in [0.15, 0.2) is 0 Å². The number of rotatable bonds is 7. The quantitative estimate of drug-likeness (QED) is 0.210. The highest BCUT2D eigenvalue weighted by Gasteiger charge is 2.46. The second kappa shape index (κ2) is 9.92. The standard InChI is InChI=1S/C29H22FNO5/c30-22-13-11-20(12-14-22)27(32)25-26(31(29(34)28(25)33)17-24-10-5-15-35-24)21-8-4-9-23(16-21)36-18-19-6-2-1-3-7-19/h1-16,26,32H,17-18H2/t26-/m0/s1. The van der Waals surface area contributed by atoms with Gasteiger partial charge in [-0.05, 0) is 59.7 Å². The van der Waals surface area contributed by atoms with Gasteiger partial charge in [-0.15, -0.1) is 0 Å². The third-order valence-corrected chi connectivity index (χ3v) is 5.99. The topological polar surface area (TPSA) is 80.0 Å². The minimum Gasteiger partial charge on any atom is -0.507 e. The number of carbonyl (C=O) groups excluding carboxylic acids is 2. The van der Waals surface area contributed by atoms with Gasteiger partial charge in [-0.25, -0.2) is 4.39 Å². The molecule has 4 aromatic rings. The summed E-state index contributed by atoms with van der Waals surface area (Å²) >= 11 is 0. The molecule has 6 nitrogen and oxygen atoms in total. The van der Waals surface area contributed by atoms with Gasteiger partial charge in [0, 0.05) is 5.56 Å². The molecule has 0 aliphatic carbocycles. The maximum absolute atomic E-state index is 13.5. The molecule has 0 bridgehead atoms. The van der Waals surface area contributed by atoms with E-state index in [1.165, 1.54) is 35.4 Å². The molecule has 36 heavy (non-hydrogen) atoms. The van der Waals surface area contributed by atoms with Crippen molar-refractivity contribution in [1.29, 1.82) is 0 Å². The van der Waals surface area contributed by atoms with Crippen molar-refractivity contribution in [2.75, 3.05) is 0 Å². The SMILES string of the molecule is O=C1C(=O)N(Cc2ccco2)[C@@H](c2cccc(OCc3ccccc3)c2)C1=C(O)c1ccc(F)cc1. The predicted molar refractivity (Wildman–Crippen MR) is 130 cm³/mol. The first-order valence-electron chi connectivity index (χ1n) is 11.3. The van der Waals surface area contributed by atoms with Crippen molar-refractivity contribution >= 4 is 17.4 Å². The van der Waals surface area contributed by atoms with Gasteiger partial charge < -0.3 is 19.2 Å². The Morgan fingerprint density at radius 1 is 0.944 bits per heavy atom. The lowest BCUT2D eigenvalue weighted by molar-refractivity contribution is -0.140. The number of hydrogen-bond donors (Lipinski definition) is 1. The highest BCUT2D eigenvalue weighted by molar-refractivity contribution is 6.46. The summed E-state index contributed by atoms with van der Waals surface area (Å²) in [7, 11) is 0. The van der Waals surface area contributed by atoms with Gasteiger partial charge in [0.2, 0.25) is 0 Å². The van der Waals surface area contributed by atoms with Crippen LogP contribution in [0.2, 0.25) is 0 Å². The molecule has 1 saturated heterocycles. The van der Waals surface area contributed by atoms with Gasteiger partial charge in [0.1, 0.15) is 29.7 Å². The summed E-state index contributed by atoms with van der Waals surface area (Å²) in [5, 5.41) is 11.1. The van der Waals surface area contributed by atoms with Gasteiger partial charge in [0.05, 0.1) is 24.4 Å². The number of Topliss-reactive ketones (excluding diaryl/α,β-unsaturated/α-hetero) is 1. The molecule has 0 radical (unpaired) electrons. The number of ether oxygens (including phenoxy) is 1. The summed E-state index contributed by atoms with van der Waals surface area (Å²) < 4.78 is 24.8. The lowest BCUT2D eigenvalue weighted by Gasteiger charge is -2.25. The summed E-state index contributed by atoms with van der Waals surface area (Å²) in [6, 6.07) is 24.3. The Kier molecular flexibility index (Phi) is 6.36. The largest absolute Gasteiger partial charge is 0.507 e. The number of aliphatic hydroxyl groups is 1. The number of hydrogen-bond acceptors (Lipinski definition) is 5. The molecule has 0 spiro atoms. The highest BCUT2D eigenvalue weighted by Crippen LogP contribution is 2.41. The fourth-order valence-electron chi connectivity index (χ4n) is 4.24. The van der Waals surface area contributed by atoms with Crippen LogP contribution < -0.4 is 4.74 Å². The van der Waals surface area contributed by atoms with Crippen LogP contribution in [0.1, 0.15) is 28.5 Å². The fraction of sp³-hybridized carbons (Fsp3) is 0.103. The van der Waals surface area contributed by atoms with Gasteiger partial charge in [-0.1, -0.05) is 42.5 Å². The van der Waals surface area contributed by atoms with Crippen LogP contribution in [0, 0.1) is 5.82 Å². The lowest BCUT2D eigenvalue weighted by Crippen LogP contribution is -2.29. The normalized spacial score (nSPS) is 16.9. The zero-order valence-corrected chi connectivity index (χ0v) is 19.1. The number of benzene rings is 3. The van der Waals surface area contributed by atoms with Gasteiger partial charge >= 0.3 is 0 Å². The Labute approximate surface area is 206 Å². The smallest absolute Gasteiger partial charge is 0.296 e. The van der Waals surface area contributed by atoms with Crippen LogP contribution in [0.15, 0.2) is 107 Å². The Hall–Kier alpha value is -4.65. The van der Waals surface area contributed by atoms with Crippen LogP contribution in [0.3, 0.4) is 0 Å². The van der Waals surface area contributed by atoms with Gasteiger partial charge in [-0.2, -0.15) is 0 Å². The van der Waals surface area contributed by atoms with Crippen molar-refractivity contribution in [3.8, 4) is 5.75 Å². The second-order valence-corrected chi connectivity index (χ2v) is 8.36. The van der Waals surface area contributed by atoms with Crippen molar-refractivity contribution in [1.82, 2.24) is 4.90 Å². The van der Waals surface area contributed by atoms with Gasteiger partial charge in [-0.3, -0.25) is 9.59 Å². The Morgan fingerprint density at radius 2 is 1.72 bits per heavy atom. The lowest BCUT2D eigenvalue weighted by atomic mass is 9.95. The molecule has 0 saturated carbocycles. The summed E-state index contributed by atoms with van der Waals surface area (Å²) in [6.07, 6.45) is 1.48. The molecule has 1 amide bonds. The molecular weight excluding hydrogens is 461 g/mol. The molecule has 3 aromatic carbocycles. The van der Waals surface area contributed by atoms with Crippen LogP contribution >= 0.6 is 0 Å². The third kappa shape index (κ3) is 4.63. The first-order chi connectivity index (χ1) is 17.5. The van der Waals surface area contributed by atoms with E-state index in [1.54, 1.807) is 36.4 Å². The van der Waals surface area contributed by atoms with E-state index < -0.39 is 23.5 Å². The van der Waals surface area contributed by atoms with Crippen molar-refractivity contribution in [3.05, 3.63) is 131 Å². The van der Waals surface area contributed by atoms with Crippen molar-refractivity contribution < 1.29 is 28.2 Å². The number of furan rings is 1. The molecule has 1 aliphatic heterocycles. The van der Waals surface area contributed by atoms with E-state index in [1.807, 2.05) is 30.3 Å². The first kappa shape index (κ1) is 23.1. The Morgan fingerprint density at radius 3 is 2.44 bits per heavy atom. The maximum atomic E-state index is 13.5. The van der Waals surface area contributed by atoms with Crippen LogP contribution in [-0.4, -0.2) is 21.7 Å². The number of amides is 1. The van der Waals surface area contributed by atoms with Crippen LogP contribution in [-0.2, 0) is 22.7 Å². The molecule has 0 unspecified atom stereocenters. The molecule has 1 aromatic heterocycles. The zero-order chi connectivity index (χ0) is 25.1. The minimum absolute atomic E-state index is 0.0253. The minimum atomic E-state index is -0.902. The molecule has 7 heteroatoms. The third-order valence-electron chi connectivity index (χ3n) is 5.99.